The van der Waals surface area contributed by atoms with Gasteiger partial charge in [-0.2, -0.15) is 0 Å². The van der Waals surface area contributed by atoms with Crippen molar-refractivity contribution >= 4 is 44.9 Å². The van der Waals surface area contributed by atoms with Crippen molar-refractivity contribution < 1.29 is 4.79 Å². The van der Waals surface area contributed by atoms with Crippen molar-refractivity contribution in [3.05, 3.63) is 79.9 Å². The maximum Gasteiger partial charge on any atom is 0.267 e. The van der Waals surface area contributed by atoms with Crippen molar-refractivity contribution in [1.29, 1.82) is 0 Å². The Bertz CT molecular complexity index is 1450. The van der Waals surface area contributed by atoms with Crippen LogP contribution in [0.1, 0.15) is 54.3 Å². The molecule has 1 N–H and O–H groups in total. The molecule has 2 aromatic heterocycles. The molecule has 2 heterocycles. The van der Waals surface area contributed by atoms with Crippen LogP contribution in [-0.2, 0) is 24.1 Å². The Hall–Kier alpha value is -2.90. The van der Waals surface area contributed by atoms with Crippen molar-refractivity contribution in [2.45, 2.75) is 65.5 Å². The minimum atomic E-state index is -0.111. The van der Waals surface area contributed by atoms with Gasteiger partial charge < -0.3 is 5.32 Å². The van der Waals surface area contributed by atoms with Gasteiger partial charge in [0.05, 0.1) is 16.8 Å². The quantitative estimate of drug-likeness (QED) is 0.194. The van der Waals surface area contributed by atoms with Crippen molar-refractivity contribution in [1.82, 2.24) is 9.55 Å². The Balaban J connectivity index is 1.72. The number of hydrogen-bond acceptors (Lipinski definition) is 5. The minimum absolute atomic E-state index is 0.0737. The van der Waals surface area contributed by atoms with Gasteiger partial charge in [-0.15, -0.1) is 11.3 Å². The first kappa shape index (κ1) is 26.2. The maximum atomic E-state index is 13.8. The third-order valence-electron chi connectivity index (χ3n) is 6.45. The Morgan fingerprint density at radius 2 is 1.81 bits per heavy atom. The normalized spacial score (nSPS) is 11.2. The number of carbonyl (C=O) groups excluding carboxylic acids is 1. The van der Waals surface area contributed by atoms with E-state index in [-0.39, 0.29) is 17.2 Å². The Labute approximate surface area is 221 Å². The van der Waals surface area contributed by atoms with Gasteiger partial charge in [0.2, 0.25) is 5.91 Å². The fourth-order valence-corrected chi connectivity index (χ4v) is 6.52. The number of rotatable bonds is 9. The number of fused-ring (bicyclic) bond motifs is 1. The van der Waals surface area contributed by atoms with Gasteiger partial charge in [0.1, 0.15) is 4.83 Å². The summed E-state index contributed by atoms with van der Waals surface area (Å²) in [5, 5.41) is 4.31. The summed E-state index contributed by atoms with van der Waals surface area (Å²) in [6.07, 6.45) is 3.71. The molecule has 0 aliphatic rings. The third kappa shape index (κ3) is 5.27. The lowest BCUT2D eigenvalue weighted by Gasteiger charge is -2.14. The topological polar surface area (TPSA) is 64.0 Å². The molecule has 4 rings (SSSR count). The molecule has 0 saturated heterocycles. The van der Waals surface area contributed by atoms with E-state index in [2.05, 4.69) is 26.1 Å². The second-order valence-electron chi connectivity index (χ2n) is 8.93. The van der Waals surface area contributed by atoms with Crippen molar-refractivity contribution in [3.8, 4) is 5.69 Å². The van der Waals surface area contributed by atoms with E-state index in [1.54, 1.807) is 15.9 Å². The zero-order valence-electron chi connectivity index (χ0n) is 21.6. The first-order chi connectivity index (χ1) is 17.4. The van der Waals surface area contributed by atoms with Gasteiger partial charge in [0, 0.05) is 10.6 Å². The van der Waals surface area contributed by atoms with Gasteiger partial charge in [0.15, 0.2) is 5.16 Å². The monoisotopic (exact) mass is 519 g/mol. The summed E-state index contributed by atoms with van der Waals surface area (Å²) >= 11 is 2.89. The zero-order valence-corrected chi connectivity index (χ0v) is 23.2. The predicted octanol–water partition coefficient (Wildman–Crippen LogP) is 6.87. The van der Waals surface area contributed by atoms with Crippen LogP contribution in [0.4, 0.5) is 5.69 Å². The predicted molar refractivity (Wildman–Crippen MR) is 153 cm³/mol. The molecule has 0 atom stereocenters. The highest BCUT2D eigenvalue weighted by molar-refractivity contribution is 7.99. The first-order valence-corrected chi connectivity index (χ1v) is 14.3. The number of aryl methyl sites for hydroxylation is 5. The summed E-state index contributed by atoms with van der Waals surface area (Å²) in [5.74, 6) is 0.0505. The van der Waals surface area contributed by atoms with Crippen LogP contribution in [-0.4, -0.2) is 21.2 Å². The summed E-state index contributed by atoms with van der Waals surface area (Å²) in [6, 6.07) is 14.1. The fourth-order valence-electron chi connectivity index (χ4n) is 4.39. The number of para-hydroxylation sites is 1. The number of carbonyl (C=O) groups is 1. The summed E-state index contributed by atoms with van der Waals surface area (Å²) in [4.78, 5) is 33.7. The number of thiophene rings is 1. The van der Waals surface area contributed by atoms with E-state index >= 15 is 0 Å². The number of thioether (sulfide) groups is 1. The molecule has 0 aliphatic carbocycles. The lowest BCUT2D eigenvalue weighted by atomic mass is 10.1. The van der Waals surface area contributed by atoms with Gasteiger partial charge in [0.25, 0.3) is 5.56 Å². The molecule has 2 aromatic carbocycles. The van der Waals surface area contributed by atoms with E-state index in [0.29, 0.717) is 10.5 Å². The van der Waals surface area contributed by atoms with Crippen LogP contribution in [0.25, 0.3) is 15.9 Å². The second kappa shape index (κ2) is 11.4. The van der Waals surface area contributed by atoms with E-state index in [0.717, 1.165) is 58.6 Å². The molecule has 0 unspecified atom stereocenters. The van der Waals surface area contributed by atoms with Crippen molar-refractivity contribution in [2.24, 2.45) is 0 Å². The first-order valence-electron chi connectivity index (χ1n) is 12.5. The van der Waals surface area contributed by atoms with Crippen LogP contribution < -0.4 is 10.9 Å². The highest BCUT2D eigenvalue weighted by Crippen LogP contribution is 2.31. The average molecular weight is 520 g/mol. The lowest BCUT2D eigenvalue weighted by molar-refractivity contribution is -0.113. The largest absolute Gasteiger partial charge is 0.325 e. The number of hydrogen-bond donors (Lipinski definition) is 1. The molecule has 7 heteroatoms. The maximum absolute atomic E-state index is 13.8. The molecular formula is C29H33N3O2S2. The van der Waals surface area contributed by atoms with E-state index in [1.165, 1.54) is 22.2 Å². The fraction of sp³-hybridized carbons (Fsp3) is 0.345. The molecule has 0 bridgehead atoms. The molecule has 0 aliphatic heterocycles. The van der Waals surface area contributed by atoms with E-state index in [1.807, 2.05) is 56.3 Å². The van der Waals surface area contributed by atoms with Crippen molar-refractivity contribution in [2.75, 3.05) is 11.1 Å². The third-order valence-corrected chi connectivity index (χ3v) is 8.63. The van der Waals surface area contributed by atoms with Crippen LogP contribution in [0.3, 0.4) is 0 Å². The molecular weight excluding hydrogens is 486 g/mol. The van der Waals surface area contributed by atoms with E-state index in [9.17, 15) is 9.59 Å². The number of anilines is 1. The SMILES string of the molecule is CCCc1sc2nc(SCC(=O)Nc3c(C)cccc3CC)n(-c3ccc(CC)cc3)c(=O)c2c1C. The highest BCUT2D eigenvalue weighted by Gasteiger charge is 2.20. The van der Waals surface area contributed by atoms with Gasteiger partial charge in [-0.05, 0) is 67.5 Å². The summed E-state index contributed by atoms with van der Waals surface area (Å²) in [6.45, 7) is 10.4. The second-order valence-corrected chi connectivity index (χ2v) is 11.0. The van der Waals surface area contributed by atoms with Gasteiger partial charge in [-0.25, -0.2) is 4.98 Å². The lowest BCUT2D eigenvalue weighted by Crippen LogP contribution is -2.23. The van der Waals surface area contributed by atoms with E-state index in [4.69, 9.17) is 4.98 Å². The number of benzene rings is 2. The molecule has 1 amide bonds. The number of nitrogens with zero attached hydrogens (tertiary/aromatic N) is 2. The molecule has 5 nitrogen and oxygen atoms in total. The number of aromatic nitrogens is 2. The van der Waals surface area contributed by atoms with Gasteiger partial charge in [-0.3, -0.25) is 14.2 Å². The summed E-state index contributed by atoms with van der Waals surface area (Å²) in [7, 11) is 0. The van der Waals surface area contributed by atoms with Crippen LogP contribution in [0, 0.1) is 13.8 Å². The smallest absolute Gasteiger partial charge is 0.267 e. The Morgan fingerprint density at radius 1 is 1.06 bits per heavy atom. The van der Waals surface area contributed by atoms with Crippen molar-refractivity contribution in [3.63, 3.8) is 0 Å². The molecule has 36 heavy (non-hydrogen) atoms. The molecule has 0 saturated carbocycles. The molecule has 0 radical (unpaired) electrons. The van der Waals surface area contributed by atoms with Gasteiger partial charge >= 0.3 is 0 Å². The van der Waals surface area contributed by atoms with Crippen LogP contribution in [0.2, 0.25) is 0 Å². The molecule has 0 spiro atoms. The molecule has 188 valence electrons. The van der Waals surface area contributed by atoms with Gasteiger partial charge in [-0.1, -0.05) is 69.3 Å². The standard InChI is InChI=1S/C29H33N3O2S2/c1-6-10-23-19(5)25-27(36-23)31-29(32(28(25)34)22-15-13-20(7-2)14-16-22)35-17-24(33)30-26-18(4)11-9-12-21(26)8-3/h9,11-16H,6-8,10,17H2,1-5H3,(H,30,33). The Kier molecular flexibility index (Phi) is 8.32. The Morgan fingerprint density at radius 3 is 2.47 bits per heavy atom. The van der Waals surface area contributed by atoms with Crippen LogP contribution in [0.5, 0.6) is 0 Å². The minimum Gasteiger partial charge on any atom is -0.325 e. The van der Waals surface area contributed by atoms with Crippen LogP contribution >= 0.6 is 23.1 Å². The summed E-state index contributed by atoms with van der Waals surface area (Å²) < 4.78 is 1.67. The van der Waals surface area contributed by atoms with Crippen LogP contribution in [0.15, 0.2) is 52.4 Å². The van der Waals surface area contributed by atoms with E-state index < -0.39 is 0 Å². The average Bonchev–Trinajstić information content (AvgIpc) is 3.19. The zero-order chi connectivity index (χ0) is 25.8. The molecule has 0 fully saturated rings. The number of nitrogens with one attached hydrogen (secondary N) is 1. The summed E-state index contributed by atoms with van der Waals surface area (Å²) in [5.41, 5.74) is 5.95. The number of amides is 1. The molecule has 4 aromatic rings. The highest BCUT2D eigenvalue weighted by atomic mass is 32.2.